The molecular formula is C29H28BNO4. The number of rotatable bonds is 6. The van der Waals surface area contributed by atoms with Gasteiger partial charge in [0.25, 0.3) is 0 Å². The van der Waals surface area contributed by atoms with Gasteiger partial charge in [0.15, 0.2) is 0 Å². The molecule has 6 heteroatoms. The summed E-state index contributed by atoms with van der Waals surface area (Å²) in [4.78, 5) is 0. The van der Waals surface area contributed by atoms with Crippen LogP contribution in [0.15, 0.2) is 121 Å². The van der Waals surface area contributed by atoms with Crippen molar-refractivity contribution in [1.82, 2.24) is 5.06 Å². The summed E-state index contributed by atoms with van der Waals surface area (Å²) in [6.45, 7) is 2.33. The Labute approximate surface area is 206 Å². The molecule has 0 saturated carbocycles. The smallest absolute Gasteiger partial charge is 0.401 e. The van der Waals surface area contributed by atoms with Gasteiger partial charge in [-0.2, -0.15) is 5.06 Å². The lowest BCUT2D eigenvalue weighted by Gasteiger charge is -2.60. The molecule has 0 bridgehead atoms. The van der Waals surface area contributed by atoms with E-state index in [0.717, 1.165) is 22.3 Å². The minimum absolute atomic E-state index is 0.281. The topological polar surface area (TPSA) is 62.2 Å². The maximum Gasteiger partial charge on any atom is 0.651 e. The average Bonchev–Trinajstić information content (AvgIpc) is 2.91. The highest BCUT2D eigenvalue weighted by atomic mass is 16.8. The van der Waals surface area contributed by atoms with E-state index in [4.69, 9.17) is 9.49 Å². The Bertz CT molecular complexity index is 1190. The van der Waals surface area contributed by atoms with Crippen molar-refractivity contribution >= 4 is 7.32 Å². The Morgan fingerprint density at radius 2 is 1.14 bits per heavy atom. The lowest BCUT2D eigenvalue weighted by atomic mass is 9.65. The molecule has 5 rings (SSSR count). The molecule has 1 fully saturated rings. The van der Waals surface area contributed by atoms with Gasteiger partial charge >= 0.3 is 7.32 Å². The summed E-state index contributed by atoms with van der Waals surface area (Å²) in [6, 6.07) is 39.4. The summed E-state index contributed by atoms with van der Waals surface area (Å²) in [5, 5.41) is 22.1. The van der Waals surface area contributed by atoms with Crippen LogP contribution in [0.3, 0.4) is 0 Å². The van der Waals surface area contributed by atoms with Crippen molar-refractivity contribution in [3.05, 3.63) is 144 Å². The molecule has 0 spiro atoms. The van der Waals surface area contributed by atoms with Gasteiger partial charge in [0.2, 0.25) is 0 Å². The average molecular weight is 465 g/mol. The van der Waals surface area contributed by atoms with Crippen molar-refractivity contribution in [2.45, 2.75) is 24.1 Å². The van der Waals surface area contributed by atoms with Crippen LogP contribution in [-0.4, -0.2) is 29.0 Å². The van der Waals surface area contributed by atoms with E-state index in [1.165, 1.54) is 0 Å². The summed E-state index contributed by atoms with van der Waals surface area (Å²) >= 11 is 0. The predicted octanol–water partition coefficient (Wildman–Crippen LogP) is 4.82. The molecule has 2 unspecified atom stereocenters. The number of benzene rings is 4. The highest BCUT2D eigenvalue weighted by Gasteiger charge is 2.62. The van der Waals surface area contributed by atoms with Crippen molar-refractivity contribution < 1.29 is 19.5 Å². The summed E-state index contributed by atoms with van der Waals surface area (Å²) in [7, 11) is -2.02. The van der Waals surface area contributed by atoms with E-state index >= 15 is 0 Å². The fourth-order valence-electron chi connectivity index (χ4n) is 5.40. The minimum Gasteiger partial charge on any atom is -0.401 e. The SMILES string of the molecule is CC1(c2ccccc2)OCC(c2ccccc2)N(OB(O)O)C1(c1ccccc1)c1ccccc1. The monoisotopic (exact) mass is 465 g/mol. The van der Waals surface area contributed by atoms with Gasteiger partial charge in [-0.3, -0.25) is 4.76 Å². The second kappa shape index (κ2) is 9.78. The lowest BCUT2D eigenvalue weighted by molar-refractivity contribution is -0.310. The Morgan fingerprint density at radius 3 is 1.60 bits per heavy atom. The zero-order valence-electron chi connectivity index (χ0n) is 19.6. The van der Waals surface area contributed by atoms with Crippen LogP contribution >= 0.6 is 0 Å². The molecule has 2 atom stereocenters. The van der Waals surface area contributed by atoms with Gasteiger partial charge < -0.3 is 14.8 Å². The second-order valence-corrected chi connectivity index (χ2v) is 8.84. The largest absolute Gasteiger partial charge is 0.651 e. The van der Waals surface area contributed by atoms with Crippen LogP contribution < -0.4 is 0 Å². The normalized spacial score (nSPS) is 22.0. The molecule has 0 radical (unpaired) electrons. The molecule has 4 aromatic rings. The van der Waals surface area contributed by atoms with Gasteiger partial charge in [-0.25, -0.2) is 0 Å². The van der Waals surface area contributed by atoms with Crippen LogP contribution in [-0.2, 0) is 20.6 Å². The molecule has 0 amide bonds. The van der Waals surface area contributed by atoms with Gasteiger partial charge in [0.05, 0.1) is 12.6 Å². The molecular weight excluding hydrogens is 437 g/mol. The molecule has 5 nitrogen and oxygen atoms in total. The summed E-state index contributed by atoms with van der Waals surface area (Å²) in [5.74, 6) is 0. The maximum atomic E-state index is 10.2. The molecule has 1 aliphatic rings. The van der Waals surface area contributed by atoms with E-state index in [2.05, 4.69) is 0 Å². The quantitative estimate of drug-likeness (QED) is 0.400. The van der Waals surface area contributed by atoms with Crippen LogP contribution in [0.2, 0.25) is 0 Å². The first-order valence-electron chi connectivity index (χ1n) is 11.7. The first kappa shape index (κ1) is 23.5. The van der Waals surface area contributed by atoms with Gasteiger partial charge in [0.1, 0.15) is 11.1 Å². The third kappa shape index (κ3) is 3.99. The first-order chi connectivity index (χ1) is 17.1. The third-order valence-electron chi connectivity index (χ3n) is 6.93. The van der Waals surface area contributed by atoms with E-state index in [0.29, 0.717) is 0 Å². The molecule has 176 valence electrons. The van der Waals surface area contributed by atoms with E-state index in [1.54, 1.807) is 5.06 Å². The lowest BCUT2D eigenvalue weighted by Crippen LogP contribution is -2.66. The summed E-state index contributed by atoms with van der Waals surface area (Å²) < 4.78 is 12.8. The summed E-state index contributed by atoms with van der Waals surface area (Å²) in [6.07, 6.45) is 0. The zero-order valence-corrected chi connectivity index (χ0v) is 19.6. The minimum atomic E-state index is -2.02. The third-order valence-corrected chi connectivity index (χ3v) is 6.93. The van der Waals surface area contributed by atoms with Gasteiger partial charge in [-0.15, -0.1) is 0 Å². The number of hydroxylamine groups is 2. The van der Waals surface area contributed by atoms with Crippen LogP contribution in [0.1, 0.15) is 35.2 Å². The molecule has 0 aromatic heterocycles. The van der Waals surface area contributed by atoms with Gasteiger partial charge in [-0.1, -0.05) is 121 Å². The van der Waals surface area contributed by atoms with Crippen molar-refractivity contribution in [2.75, 3.05) is 6.61 Å². The molecule has 1 aliphatic heterocycles. The molecule has 0 aliphatic carbocycles. The van der Waals surface area contributed by atoms with E-state index in [1.807, 2.05) is 128 Å². The van der Waals surface area contributed by atoms with Crippen LogP contribution in [0.25, 0.3) is 0 Å². The Hall–Kier alpha value is -3.26. The number of nitrogens with zero attached hydrogens (tertiary/aromatic N) is 1. The van der Waals surface area contributed by atoms with E-state index < -0.39 is 24.5 Å². The Kier molecular flexibility index (Phi) is 6.56. The fraction of sp³-hybridized carbons (Fsp3) is 0.172. The highest BCUT2D eigenvalue weighted by molar-refractivity contribution is 6.32. The standard InChI is InChI=1S/C29H28BNO4/c1-28(24-16-8-3-9-17-24)29(25-18-10-4-11-19-25,26-20-12-5-13-21-26)31(35-30(32)33)27(22-34-28)23-14-6-2-7-15-23/h2-21,27,32-33H,22H2,1H3. The fourth-order valence-corrected chi connectivity index (χ4v) is 5.40. The molecule has 2 N–H and O–H groups in total. The van der Waals surface area contributed by atoms with E-state index in [9.17, 15) is 10.0 Å². The number of morpholine rings is 1. The first-order valence-corrected chi connectivity index (χ1v) is 11.7. The second-order valence-electron chi connectivity index (χ2n) is 8.84. The number of ether oxygens (including phenoxy) is 1. The predicted molar refractivity (Wildman–Crippen MR) is 136 cm³/mol. The van der Waals surface area contributed by atoms with Crippen molar-refractivity contribution in [3.8, 4) is 0 Å². The van der Waals surface area contributed by atoms with E-state index in [-0.39, 0.29) is 6.61 Å². The molecule has 4 aromatic carbocycles. The molecule has 35 heavy (non-hydrogen) atoms. The number of hydrogen-bond donors (Lipinski definition) is 2. The summed E-state index contributed by atoms with van der Waals surface area (Å²) in [5.41, 5.74) is 1.65. The molecule has 1 heterocycles. The van der Waals surface area contributed by atoms with Crippen molar-refractivity contribution in [3.63, 3.8) is 0 Å². The van der Waals surface area contributed by atoms with Gasteiger partial charge in [0, 0.05) is 0 Å². The highest BCUT2D eigenvalue weighted by Crippen LogP contribution is 2.57. The molecule has 1 saturated heterocycles. The Morgan fingerprint density at radius 1 is 0.714 bits per heavy atom. The van der Waals surface area contributed by atoms with Crippen molar-refractivity contribution in [1.29, 1.82) is 0 Å². The maximum absolute atomic E-state index is 10.2. The van der Waals surface area contributed by atoms with Crippen LogP contribution in [0.5, 0.6) is 0 Å². The Balaban J connectivity index is 1.87. The van der Waals surface area contributed by atoms with Crippen LogP contribution in [0, 0.1) is 0 Å². The zero-order chi connectivity index (χ0) is 24.3. The van der Waals surface area contributed by atoms with Gasteiger partial charge in [-0.05, 0) is 29.2 Å². The number of hydrogen-bond acceptors (Lipinski definition) is 5. The van der Waals surface area contributed by atoms with Crippen molar-refractivity contribution in [2.24, 2.45) is 0 Å². The van der Waals surface area contributed by atoms with Crippen LogP contribution in [0.4, 0.5) is 0 Å².